The lowest BCUT2D eigenvalue weighted by Crippen LogP contribution is -2.05. The zero-order valence-corrected chi connectivity index (χ0v) is 11.9. The van der Waals surface area contributed by atoms with Crippen molar-refractivity contribution >= 4 is 17.3 Å². The molecule has 1 aromatic heterocycles. The second-order valence-corrected chi connectivity index (χ2v) is 5.19. The third-order valence-corrected chi connectivity index (χ3v) is 4.04. The average molecular weight is 254 g/mol. The highest BCUT2D eigenvalue weighted by Crippen LogP contribution is 2.24. The van der Waals surface area contributed by atoms with Crippen LogP contribution in [0.4, 0.5) is 0 Å². The summed E-state index contributed by atoms with van der Waals surface area (Å²) in [5.74, 6) is -0.180. The first-order valence-corrected chi connectivity index (χ1v) is 7.32. The Labute approximate surface area is 108 Å². The first-order chi connectivity index (χ1) is 8.20. The summed E-state index contributed by atoms with van der Waals surface area (Å²) in [4.78, 5) is 13.0. The van der Waals surface area contributed by atoms with Crippen LogP contribution in [-0.4, -0.2) is 12.6 Å². The van der Waals surface area contributed by atoms with Gasteiger partial charge in [-0.05, 0) is 32.3 Å². The van der Waals surface area contributed by atoms with Crippen LogP contribution in [0, 0.1) is 6.92 Å². The number of hydrogen-bond donors (Lipinski definition) is 0. The van der Waals surface area contributed by atoms with Crippen molar-refractivity contribution in [1.82, 2.24) is 0 Å². The molecule has 3 heteroatoms. The molecule has 0 radical (unpaired) electrons. The monoisotopic (exact) mass is 254 g/mol. The molecule has 0 saturated carbocycles. The number of hydrogen-bond acceptors (Lipinski definition) is 3. The van der Waals surface area contributed by atoms with Crippen molar-refractivity contribution in [3.8, 4) is 0 Å². The van der Waals surface area contributed by atoms with Gasteiger partial charge in [-0.2, -0.15) is 0 Å². The molecule has 0 unspecified atom stereocenters. The molecule has 0 fully saturated rings. The summed E-state index contributed by atoms with van der Waals surface area (Å²) >= 11 is 1.69. The number of carbonyl (C=O) groups is 1. The standard InChI is InChI=1S/C14H22O2S/c1-4-6-7-8-9-13-11(3)12(10-17-13)14(15)16-5-2/h10H,4-9H2,1-3H3. The van der Waals surface area contributed by atoms with Gasteiger partial charge in [-0.15, -0.1) is 11.3 Å². The Kier molecular flexibility index (Phi) is 6.27. The molecule has 0 amide bonds. The van der Waals surface area contributed by atoms with E-state index in [1.165, 1.54) is 30.6 Å². The van der Waals surface area contributed by atoms with Crippen LogP contribution in [0.3, 0.4) is 0 Å². The largest absolute Gasteiger partial charge is 0.462 e. The minimum atomic E-state index is -0.180. The second kappa shape index (κ2) is 7.49. The SMILES string of the molecule is CCCCCCc1scc(C(=O)OCC)c1C. The predicted molar refractivity (Wildman–Crippen MR) is 72.9 cm³/mol. The maximum atomic E-state index is 11.6. The Balaban J connectivity index is 2.54. The molecule has 1 aromatic rings. The third kappa shape index (κ3) is 4.15. The molecule has 2 nitrogen and oxygen atoms in total. The molecule has 1 heterocycles. The Morgan fingerprint density at radius 3 is 2.71 bits per heavy atom. The Morgan fingerprint density at radius 2 is 2.06 bits per heavy atom. The van der Waals surface area contributed by atoms with E-state index < -0.39 is 0 Å². The van der Waals surface area contributed by atoms with Gasteiger partial charge in [0.15, 0.2) is 0 Å². The molecule has 0 aliphatic carbocycles. The van der Waals surface area contributed by atoms with E-state index >= 15 is 0 Å². The highest BCUT2D eigenvalue weighted by Gasteiger charge is 2.14. The van der Waals surface area contributed by atoms with Gasteiger partial charge in [0.2, 0.25) is 0 Å². The van der Waals surface area contributed by atoms with Crippen LogP contribution in [-0.2, 0) is 11.2 Å². The minimum Gasteiger partial charge on any atom is -0.462 e. The van der Waals surface area contributed by atoms with Gasteiger partial charge >= 0.3 is 5.97 Å². The smallest absolute Gasteiger partial charge is 0.339 e. The van der Waals surface area contributed by atoms with E-state index in [2.05, 4.69) is 6.92 Å². The van der Waals surface area contributed by atoms with Gasteiger partial charge in [-0.1, -0.05) is 26.2 Å². The van der Waals surface area contributed by atoms with Crippen molar-refractivity contribution in [1.29, 1.82) is 0 Å². The van der Waals surface area contributed by atoms with E-state index in [1.807, 2.05) is 19.2 Å². The number of thiophene rings is 1. The summed E-state index contributed by atoms with van der Waals surface area (Å²) in [6.45, 7) is 6.53. The van der Waals surface area contributed by atoms with Crippen LogP contribution in [0.5, 0.6) is 0 Å². The van der Waals surface area contributed by atoms with Crippen molar-refractivity contribution in [2.45, 2.75) is 52.9 Å². The van der Waals surface area contributed by atoms with Crippen molar-refractivity contribution < 1.29 is 9.53 Å². The van der Waals surface area contributed by atoms with Crippen molar-refractivity contribution in [2.75, 3.05) is 6.61 Å². The first kappa shape index (κ1) is 14.2. The highest BCUT2D eigenvalue weighted by atomic mass is 32.1. The van der Waals surface area contributed by atoms with Crippen molar-refractivity contribution in [3.63, 3.8) is 0 Å². The van der Waals surface area contributed by atoms with E-state index in [0.717, 1.165) is 17.5 Å². The maximum absolute atomic E-state index is 11.6. The topological polar surface area (TPSA) is 26.3 Å². The molecule has 0 aliphatic rings. The van der Waals surface area contributed by atoms with Gasteiger partial charge in [0.1, 0.15) is 0 Å². The van der Waals surface area contributed by atoms with Crippen LogP contribution < -0.4 is 0 Å². The summed E-state index contributed by atoms with van der Waals surface area (Å²) in [6, 6.07) is 0. The quantitative estimate of drug-likeness (QED) is 0.534. The number of ether oxygens (including phenoxy) is 1. The fourth-order valence-corrected chi connectivity index (χ4v) is 2.91. The molecule has 0 aromatic carbocycles. The lowest BCUT2D eigenvalue weighted by molar-refractivity contribution is 0.0526. The molecule has 0 atom stereocenters. The van der Waals surface area contributed by atoms with Crippen molar-refractivity contribution in [2.24, 2.45) is 0 Å². The van der Waals surface area contributed by atoms with Gasteiger partial charge in [0.05, 0.1) is 12.2 Å². The summed E-state index contributed by atoms with van der Waals surface area (Å²) in [5, 5.41) is 1.93. The Bertz CT molecular complexity index is 355. The second-order valence-electron chi connectivity index (χ2n) is 4.23. The van der Waals surface area contributed by atoms with Crippen LogP contribution in [0.2, 0.25) is 0 Å². The van der Waals surface area contributed by atoms with E-state index in [4.69, 9.17) is 4.74 Å². The number of esters is 1. The highest BCUT2D eigenvalue weighted by molar-refractivity contribution is 7.10. The number of rotatable bonds is 7. The fourth-order valence-electron chi connectivity index (χ4n) is 1.83. The predicted octanol–water partition coefficient (Wildman–Crippen LogP) is 4.36. The van der Waals surface area contributed by atoms with Gasteiger partial charge < -0.3 is 4.74 Å². The van der Waals surface area contributed by atoms with E-state index in [1.54, 1.807) is 11.3 Å². The maximum Gasteiger partial charge on any atom is 0.339 e. The fraction of sp³-hybridized carbons (Fsp3) is 0.643. The number of unbranched alkanes of at least 4 members (excludes halogenated alkanes) is 3. The molecule has 0 spiro atoms. The molecule has 0 bridgehead atoms. The van der Waals surface area contributed by atoms with Crippen LogP contribution in [0.25, 0.3) is 0 Å². The number of carbonyl (C=O) groups excluding carboxylic acids is 1. The Morgan fingerprint density at radius 1 is 1.29 bits per heavy atom. The lowest BCUT2D eigenvalue weighted by Gasteiger charge is -2.02. The van der Waals surface area contributed by atoms with E-state index in [0.29, 0.717) is 6.61 Å². The first-order valence-electron chi connectivity index (χ1n) is 6.44. The van der Waals surface area contributed by atoms with E-state index in [-0.39, 0.29) is 5.97 Å². The third-order valence-electron chi connectivity index (χ3n) is 2.89. The molecular weight excluding hydrogens is 232 g/mol. The normalized spacial score (nSPS) is 10.5. The minimum absolute atomic E-state index is 0.180. The van der Waals surface area contributed by atoms with Gasteiger partial charge in [0.25, 0.3) is 0 Å². The van der Waals surface area contributed by atoms with E-state index in [9.17, 15) is 4.79 Å². The molecule has 0 saturated heterocycles. The lowest BCUT2D eigenvalue weighted by atomic mass is 10.1. The number of aryl methyl sites for hydroxylation is 1. The molecule has 1 rings (SSSR count). The molecule has 96 valence electrons. The summed E-state index contributed by atoms with van der Waals surface area (Å²) in [5.41, 5.74) is 1.87. The molecule has 0 aliphatic heterocycles. The zero-order chi connectivity index (χ0) is 12.7. The average Bonchev–Trinajstić information content (AvgIpc) is 2.67. The summed E-state index contributed by atoms with van der Waals surface area (Å²) in [6.07, 6.45) is 6.16. The Hall–Kier alpha value is -0.830. The van der Waals surface area contributed by atoms with Crippen LogP contribution >= 0.6 is 11.3 Å². The van der Waals surface area contributed by atoms with Gasteiger partial charge in [-0.25, -0.2) is 4.79 Å². The summed E-state index contributed by atoms with van der Waals surface area (Å²) < 4.78 is 5.03. The van der Waals surface area contributed by atoms with Crippen LogP contribution in [0.15, 0.2) is 5.38 Å². The molecular formula is C14H22O2S. The zero-order valence-electron chi connectivity index (χ0n) is 11.0. The molecule has 0 N–H and O–H groups in total. The van der Waals surface area contributed by atoms with Gasteiger partial charge in [0, 0.05) is 10.3 Å². The molecule has 17 heavy (non-hydrogen) atoms. The van der Waals surface area contributed by atoms with Crippen LogP contribution in [0.1, 0.15) is 60.3 Å². The van der Waals surface area contributed by atoms with Crippen molar-refractivity contribution in [3.05, 3.63) is 21.4 Å². The van der Waals surface area contributed by atoms with Gasteiger partial charge in [-0.3, -0.25) is 0 Å². The summed E-state index contributed by atoms with van der Waals surface area (Å²) in [7, 11) is 0.